The van der Waals surface area contributed by atoms with Gasteiger partial charge < -0.3 is 21.5 Å². The number of rotatable bonds is 5. The first kappa shape index (κ1) is 21.6. The van der Waals surface area contributed by atoms with Crippen LogP contribution < -0.4 is 17.0 Å². The maximum Gasteiger partial charge on any atom is 0.216 e. The van der Waals surface area contributed by atoms with Crippen molar-refractivity contribution in [2.24, 2.45) is 0 Å². The number of hydrogen-bond donors (Lipinski definition) is 0. The van der Waals surface area contributed by atoms with Crippen LogP contribution in [0, 0.1) is 11.8 Å². The van der Waals surface area contributed by atoms with Gasteiger partial charge in [0.1, 0.15) is 13.1 Å². The molecule has 0 amide bonds. The number of ketones is 1. The summed E-state index contributed by atoms with van der Waals surface area (Å²) in [6.07, 6.45) is 3.94. The minimum Gasteiger partial charge on any atom is -1.00 e. The van der Waals surface area contributed by atoms with E-state index in [2.05, 4.69) is 43.0 Å². The molecular formula is C23H29BrN2O. The molecule has 0 bridgehead atoms. The summed E-state index contributed by atoms with van der Waals surface area (Å²) in [6, 6.07) is 14.1. The van der Waals surface area contributed by atoms with Gasteiger partial charge in [0.05, 0.1) is 20.6 Å². The second-order valence-electron chi connectivity index (χ2n) is 7.93. The normalized spacial score (nSPS) is 14.9. The summed E-state index contributed by atoms with van der Waals surface area (Å²) in [5, 5.41) is 2.28. The standard InChI is InChI=1S/C23H29N2O.BrH/c1-25(2,17-9-8-16-24-14-6-3-7-15-24)19-23(26)22-13-12-20-10-4-5-11-21(20)18-22;/h4-5,10-13,18H,3,6-7,14-17,19H2,1-2H3;1H/q+1;/p-1. The van der Waals surface area contributed by atoms with E-state index in [1.165, 1.54) is 37.7 Å². The lowest BCUT2D eigenvalue weighted by Gasteiger charge is -2.27. The van der Waals surface area contributed by atoms with Crippen molar-refractivity contribution in [3.05, 3.63) is 48.0 Å². The number of quaternary nitrogens is 1. The number of halogens is 1. The number of carbonyl (C=O) groups excluding carboxylic acids is 1. The third-order valence-corrected chi connectivity index (χ3v) is 5.03. The third-order valence-electron chi connectivity index (χ3n) is 5.03. The molecule has 1 heterocycles. The molecule has 0 radical (unpaired) electrons. The number of carbonyl (C=O) groups is 1. The molecule has 0 spiro atoms. The van der Waals surface area contributed by atoms with Gasteiger partial charge in [0, 0.05) is 5.56 Å². The first-order valence-electron chi connectivity index (χ1n) is 9.56. The Labute approximate surface area is 173 Å². The Hall–Kier alpha value is -1.67. The van der Waals surface area contributed by atoms with E-state index in [1.54, 1.807) is 0 Å². The molecule has 3 nitrogen and oxygen atoms in total. The fraction of sp³-hybridized carbons (Fsp3) is 0.435. The maximum atomic E-state index is 12.7. The summed E-state index contributed by atoms with van der Waals surface area (Å²) in [6.45, 7) is 4.38. The summed E-state index contributed by atoms with van der Waals surface area (Å²) in [5.74, 6) is 6.76. The highest BCUT2D eigenvalue weighted by Gasteiger charge is 2.20. The van der Waals surface area contributed by atoms with Gasteiger partial charge in [-0.1, -0.05) is 48.7 Å². The van der Waals surface area contributed by atoms with Crippen LogP contribution in [0.25, 0.3) is 10.8 Å². The minimum atomic E-state index is 0. The smallest absolute Gasteiger partial charge is 0.216 e. The van der Waals surface area contributed by atoms with Crippen LogP contribution in [0.15, 0.2) is 42.5 Å². The zero-order chi connectivity index (χ0) is 18.4. The largest absolute Gasteiger partial charge is 1.00 e. The molecule has 1 aliphatic heterocycles. The molecule has 2 aromatic rings. The van der Waals surface area contributed by atoms with E-state index >= 15 is 0 Å². The molecule has 0 atom stereocenters. The van der Waals surface area contributed by atoms with Crippen LogP contribution in [0.3, 0.4) is 0 Å². The fourth-order valence-corrected chi connectivity index (χ4v) is 3.45. The third kappa shape index (κ3) is 6.46. The van der Waals surface area contributed by atoms with Gasteiger partial charge in [0.25, 0.3) is 0 Å². The predicted octanol–water partition coefficient (Wildman–Crippen LogP) is 0.592. The number of nitrogens with zero attached hydrogens (tertiary/aromatic N) is 2. The highest BCUT2D eigenvalue weighted by atomic mass is 79.9. The number of piperidine rings is 1. The van der Waals surface area contributed by atoms with E-state index in [9.17, 15) is 4.79 Å². The lowest BCUT2D eigenvalue weighted by atomic mass is 10.0. The fourth-order valence-electron chi connectivity index (χ4n) is 3.45. The average Bonchev–Trinajstić information content (AvgIpc) is 2.65. The molecule has 0 aliphatic carbocycles. The van der Waals surface area contributed by atoms with Gasteiger partial charge in [-0.15, -0.1) is 0 Å². The average molecular weight is 429 g/mol. The lowest BCUT2D eigenvalue weighted by molar-refractivity contribution is -0.874. The monoisotopic (exact) mass is 428 g/mol. The number of hydrogen-bond acceptors (Lipinski definition) is 2. The van der Waals surface area contributed by atoms with Gasteiger partial charge in [0.2, 0.25) is 5.78 Å². The molecule has 1 saturated heterocycles. The van der Waals surface area contributed by atoms with Crippen molar-refractivity contribution < 1.29 is 26.3 Å². The second-order valence-corrected chi connectivity index (χ2v) is 7.93. The Kier molecular flexibility index (Phi) is 8.04. The van der Waals surface area contributed by atoms with Gasteiger partial charge in [-0.3, -0.25) is 9.69 Å². The molecule has 0 saturated carbocycles. The van der Waals surface area contributed by atoms with Crippen molar-refractivity contribution >= 4 is 16.6 Å². The molecule has 1 fully saturated rings. The van der Waals surface area contributed by atoms with Gasteiger partial charge in [0.15, 0.2) is 0 Å². The SMILES string of the molecule is C[N+](C)(CC#CCN1CCCCC1)CC(=O)c1ccc2ccccc2c1.[Br-]. The van der Waals surface area contributed by atoms with E-state index in [1.807, 2.05) is 30.3 Å². The van der Waals surface area contributed by atoms with E-state index in [0.717, 1.165) is 17.5 Å². The van der Waals surface area contributed by atoms with Crippen molar-refractivity contribution in [3.63, 3.8) is 0 Å². The summed E-state index contributed by atoms with van der Waals surface area (Å²) < 4.78 is 0.596. The van der Waals surface area contributed by atoms with Crippen LogP contribution in [0.1, 0.15) is 29.6 Å². The Morgan fingerprint density at radius 2 is 1.70 bits per heavy atom. The topological polar surface area (TPSA) is 20.3 Å². The van der Waals surface area contributed by atoms with Crippen LogP contribution in [-0.4, -0.2) is 62.0 Å². The Balaban J connectivity index is 0.00000261. The number of Topliss-reactive ketones (excluding diaryl/α,β-unsaturated/α-hetero) is 1. The quantitative estimate of drug-likeness (QED) is 0.394. The molecule has 0 aromatic heterocycles. The molecule has 1 aliphatic rings. The lowest BCUT2D eigenvalue weighted by Crippen LogP contribution is -3.00. The maximum absolute atomic E-state index is 12.7. The molecular weight excluding hydrogens is 400 g/mol. The zero-order valence-electron chi connectivity index (χ0n) is 16.4. The minimum absolute atomic E-state index is 0. The summed E-state index contributed by atoms with van der Waals surface area (Å²) >= 11 is 0. The summed E-state index contributed by atoms with van der Waals surface area (Å²) in [7, 11) is 4.16. The first-order chi connectivity index (χ1) is 12.5. The molecule has 2 aromatic carbocycles. The van der Waals surface area contributed by atoms with Crippen molar-refractivity contribution in [2.45, 2.75) is 19.3 Å². The summed E-state index contributed by atoms with van der Waals surface area (Å²) in [5.41, 5.74) is 0.788. The predicted molar refractivity (Wildman–Crippen MR) is 108 cm³/mol. The Morgan fingerprint density at radius 1 is 1.00 bits per heavy atom. The Bertz CT molecular complexity index is 829. The Morgan fingerprint density at radius 3 is 2.44 bits per heavy atom. The zero-order valence-corrected chi connectivity index (χ0v) is 18.0. The first-order valence-corrected chi connectivity index (χ1v) is 9.56. The van der Waals surface area contributed by atoms with E-state index < -0.39 is 0 Å². The van der Waals surface area contributed by atoms with Crippen LogP contribution in [-0.2, 0) is 0 Å². The van der Waals surface area contributed by atoms with Crippen molar-refractivity contribution in [2.75, 3.05) is 46.8 Å². The number of benzene rings is 2. The molecule has 144 valence electrons. The number of likely N-dealkylation sites (N-methyl/N-ethyl adjacent to an activating group) is 1. The van der Waals surface area contributed by atoms with Crippen molar-refractivity contribution in [3.8, 4) is 11.8 Å². The van der Waals surface area contributed by atoms with Crippen molar-refractivity contribution in [1.29, 1.82) is 0 Å². The van der Waals surface area contributed by atoms with E-state index in [-0.39, 0.29) is 22.8 Å². The van der Waals surface area contributed by atoms with Crippen LogP contribution in [0.2, 0.25) is 0 Å². The summed E-state index contributed by atoms with van der Waals surface area (Å²) in [4.78, 5) is 15.1. The van der Waals surface area contributed by atoms with Gasteiger partial charge >= 0.3 is 0 Å². The molecule has 0 N–H and O–H groups in total. The van der Waals surface area contributed by atoms with E-state index in [4.69, 9.17) is 0 Å². The number of likely N-dealkylation sites (tertiary alicyclic amines) is 1. The molecule has 4 heteroatoms. The molecule has 3 rings (SSSR count). The molecule has 27 heavy (non-hydrogen) atoms. The van der Waals surface area contributed by atoms with Gasteiger partial charge in [-0.2, -0.15) is 0 Å². The van der Waals surface area contributed by atoms with Crippen molar-refractivity contribution in [1.82, 2.24) is 4.90 Å². The number of fused-ring (bicyclic) bond motifs is 1. The van der Waals surface area contributed by atoms with Gasteiger partial charge in [-0.25, -0.2) is 0 Å². The van der Waals surface area contributed by atoms with Crippen LogP contribution in [0.4, 0.5) is 0 Å². The highest BCUT2D eigenvalue weighted by Crippen LogP contribution is 2.16. The van der Waals surface area contributed by atoms with Gasteiger partial charge in [-0.05, 0) is 48.7 Å². The van der Waals surface area contributed by atoms with E-state index in [0.29, 0.717) is 17.6 Å². The van der Waals surface area contributed by atoms with Crippen LogP contribution >= 0.6 is 0 Å². The van der Waals surface area contributed by atoms with Crippen LogP contribution in [0.5, 0.6) is 0 Å². The molecule has 0 unspecified atom stereocenters. The highest BCUT2D eigenvalue weighted by molar-refractivity contribution is 6.00. The second kappa shape index (κ2) is 10.0.